The summed E-state index contributed by atoms with van der Waals surface area (Å²) < 4.78 is 11.9. The largest absolute Gasteiger partial charge is 0.493 e. The van der Waals surface area contributed by atoms with Gasteiger partial charge in [0.2, 0.25) is 0 Å². The number of hydrogen-bond acceptors (Lipinski definition) is 7. The molecule has 4 rings (SSSR count). The van der Waals surface area contributed by atoms with E-state index in [0.29, 0.717) is 37.8 Å². The molecule has 2 amide bonds. The third-order valence-electron chi connectivity index (χ3n) is 4.93. The number of carbonyl (C=O) groups is 2. The van der Waals surface area contributed by atoms with Crippen LogP contribution in [0.15, 0.2) is 70.0 Å². The number of hydrogen-bond donors (Lipinski definition) is 0. The van der Waals surface area contributed by atoms with Crippen molar-refractivity contribution in [3.05, 3.63) is 96.3 Å². The lowest BCUT2D eigenvalue weighted by Gasteiger charge is -2.14. The number of imide groups is 1. The molecule has 0 saturated carbocycles. The van der Waals surface area contributed by atoms with Gasteiger partial charge in [0.05, 0.1) is 27.1 Å². The van der Waals surface area contributed by atoms with Gasteiger partial charge >= 0.3 is 0 Å². The van der Waals surface area contributed by atoms with Crippen LogP contribution in [0.4, 0.5) is 16.2 Å². The second-order valence-electron chi connectivity index (χ2n) is 7.24. The topological polar surface area (TPSA) is 99.0 Å². The number of nitro benzene ring substituents is 1. The summed E-state index contributed by atoms with van der Waals surface area (Å²) in [5.74, 6) is 0.335. The summed E-state index contributed by atoms with van der Waals surface area (Å²) in [7, 11) is 1.47. The molecule has 1 heterocycles. The molecule has 178 valence electrons. The highest BCUT2D eigenvalue weighted by molar-refractivity contribution is 9.10. The van der Waals surface area contributed by atoms with E-state index in [1.807, 2.05) is 0 Å². The Balaban J connectivity index is 1.56. The number of anilines is 1. The summed E-state index contributed by atoms with van der Waals surface area (Å²) in [4.78, 5) is 37.3. The molecular weight excluding hydrogens is 560 g/mol. The van der Waals surface area contributed by atoms with Gasteiger partial charge < -0.3 is 9.47 Å². The molecule has 0 aliphatic carbocycles. The molecule has 1 saturated heterocycles. The van der Waals surface area contributed by atoms with Crippen LogP contribution >= 0.6 is 39.3 Å². The summed E-state index contributed by atoms with van der Waals surface area (Å²) >= 11 is 10.2. The quantitative estimate of drug-likeness (QED) is 0.173. The molecule has 1 fully saturated rings. The van der Waals surface area contributed by atoms with Crippen LogP contribution < -0.4 is 14.4 Å². The molecule has 0 radical (unpaired) electrons. The van der Waals surface area contributed by atoms with E-state index in [4.69, 9.17) is 21.1 Å². The van der Waals surface area contributed by atoms with Crippen molar-refractivity contribution in [2.45, 2.75) is 6.61 Å². The average Bonchev–Trinajstić information content (AvgIpc) is 3.11. The number of nitro groups is 1. The molecule has 35 heavy (non-hydrogen) atoms. The molecule has 0 atom stereocenters. The van der Waals surface area contributed by atoms with Gasteiger partial charge in [-0.25, -0.2) is 4.90 Å². The lowest BCUT2D eigenvalue weighted by molar-refractivity contribution is -0.384. The first kappa shape index (κ1) is 24.8. The van der Waals surface area contributed by atoms with Gasteiger partial charge in [-0.2, -0.15) is 0 Å². The maximum Gasteiger partial charge on any atom is 0.298 e. The molecule has 8 nitrogen and oxygen atoms in total. The Kier molecular flexibility index (Phi) is 7.44. The average molecular weight is 576 g/mol. The van der Waals surface area contributed by atoms with Gasteiger partial charge in [0.25, 0.3) is 16.8 Å². The normalized spacial score (nSPS) is 14.5. The van der Waals surface area contributed by atoms with Gasteiger partial charge in [-0.05, 0) is 81.3 Å². The zero-order chi connectivity index (χ0) is 25.1. The minimum atomic E-state index is -0.469. The Morgan fingerprint density at radius 2 is 1.89 bits per heavy atom. The number of methoxy groups -OCH3 is 1. The van der Waals surface area contributed by atoms with Crippen LogP contribution in [-0.4, -0.2) is 23.2 Å². The highest BCUT2D eigenvalue weighted by Gasteiger charge is 2.36. The Morgan fingerprint density at radius 1 is 1.14 bits per heavy atom. The van der Waals surface area contributed by atoms with Crippen molar-refractivity contribution in [2.75, 3.05) is 12.0 Å². The van der Waals surface area contributed by atoms with Gasteiger partial charge in [0, 0.05) is 17.2 Å². The third-order valence-corrected chi connectivity index (χ3v) is 6.64. The fraction of sp³-hybridized carbons (Fsp3) is 0.0833. The Bertz CT molecular complexity index is 1360. The van der Waals surface area contributed by atoms with Gasteiger partial charge in [-0.15, -0.1) is 0 Å². The zero-order valence-corrected chi connectivity index (χ0v) is 21.2. The van der Waals surface area contributed by atoms with E-state index in [9.17, 15) is 19.7 Å². The monoisotopic (exact) mass is 574 g/mol. The number of ether oxygens (including phenoxy) is 2. The summed E-state index contributed by atoms with van der Waals surface area (Å²) in [6, 6.07) is 16.0. The second-order valence-corrected chi connectivity index (χ2v) is 9.53. The SMILES string of the molecule is COc1cc(/C=C2/SC(=O)N(c3ccc(Cl)cc3)C2=O)cc(Br)c1OCc1cccc([N+](=O)[O-])c1. The Hall–Kier alpha value is -3.34. The van der Waals surface area contributed by atoms with Crippen LogP contribution in [0.2, 0.25) is 5.02 Å². The molecule has 0 bridgehead atoms. The first-order valence-corrected chi connectivity index (χ1v) is 12.0. The summed E-state index contributed by atoms with van der Waals surface area (Å²) in [6.45, 7) is 0.0793. The van der Waals surface area contributed by atoms with Crippen LogP contribution in [0, 0.1) is 10.1 Å². The summed E-state index contributed by atoms with van der Waals surface area (Å²) in [5, 5.41) is 11.1. The van der Waals surface area contributed by atoms with Crippen LogP contribution in [0.5, 0.6) is 11.5 Å². The fourth-order valence-corrected chi connectivity index (χ4v) is 4.85. The standard InChI is InChI=1S/C24H16BrClN2O6S/c1-33-20-11-15(10-19(25)22(20)34-13-14-3-2-4-18(9-14)28(31)32)12-21-23(29)27(24(30)35-21)17-7-5-16(26)6-8-17/h2-12H,13H2,1H3/b21-12+. The molecular formula is C24H16BrClN2O6S. The predicted octanol–water partition coefficient (Wildman–Crippen LogP) is 6.84. The lowest BCUT2D eigenvalue weighted by atomic mass is 10.1. The van der Waals surface area contributed by atoms with Crippen LogP contribution in [-0.2, 0) is 11.4 Å². The first-order valence-electron chi connectivity index (χ1n) is 10.0. The number of benzene rings is 3. The number of carbonyl (C=O) groups excluding carboxylic acids is 2. The highest BCUT2D eigenvalue weighted by Crippen LogP contribution is 2.40. The van der Waals surface area contributed by atoms with E-state index >= 15 is 0 Å². The molecule has 1 aliphatic rings. The van der Waals surface area contributed by atoms with Crippen molar-refractivity contribution in [1.29, 1.82) is 0 Å². The van der Waals surface area contributed by atoms with Crippen molar-refractivity contribution in [2.24, 2.45) is 0 Å². The molecule has 3 aromatic carbocycles. The van der Waals surface area contributed by atoms with Gasteiger partial charge in [-0.3, -0.25) is 19.7 Å². The number of non-ortho nitro benzene ring substituents is 1. The number of amides is 2. The third kappa shape index (κ3) is 5.50. The van der Waals surface area contributed by atoms with Gasteiger partial charge in [-0.1, -0.05) is 23.7 Å². The summed E-state index contributed by atoms with van der Waals surface area (Å²) in [6.07, 6.45) is 1.60. The molecule has 1 aliphatic heterocycles. The van der Waals surface area contributed by atoms with Crippen LogP contribution in [0.25, 0.3) is 6.08 Å². The van der Waals surface area contributed by atoms with Crippen molar-refractivity contribution in [3.63, 3.8) is 0 Å². The Labute approximate surface area is 217 Å². The predicted molar refractivity (Wildman–Crippen MR) is 138 cm³/mol. The molecule has 0 aromatic heterocycles. The molecule has 11 heteroatoms. The molecule has 0 unspecified atom stereocenters. The molecule has 0 N–H and O–H groups in total. The van der Waals surface area contributed by atoms with E-state index in [2.05, 4.69) is 15.9 Å². The van der Waals surface area contributed by atoms with Crippen molar-refractivity contribution >= 4 is 67.9 Å². The van der Waals surface area contributed by atoms with Gasteiger partial charge in [0.15, 0.2) is 11.5 Å². The molecule has 0 spiro atoms. The van der Waals surface area contributed by atoms with E-state index in [0.717, 1.165) is 16.7 Å². The van der Waals surface area contributed by atoms with Gasteiger partial charge in [0.1, 0.15) is 6.61 Å². The number of rotatable bonds is 7. The Morgan fingerprint density at radius 3 is 2.57 bits per heavy atom. The summed E-state index contributed by atoms with van der Waals surface area (Å²) in [5.41, 5.74) is 1.63. The van der Waals surface area contributed by atoms with Crippen molar-refractivity contribution in [1.82, 2.24) is 0 Å². The number of nitrogens with zero attached hydrogens (tertiary/aromatic N) is 2. The maximum absolute atomic E-state index is 12.9. The zero-order valence-electron chi connectivity index (χ0n) is 18.1. The first-order chi connectivity index (χ1) is 16.8. The van der Waals surface area contributed by atoms with E-state index in [1.54, 1.807) is 54.6 Å². The lowest BCUT2D eigenvalue weighted by Crippen LogP contribution is -2.27. The van der Waals surface area contributed by atoms with Crippen LogP contribution in [0.1, 0.15) is 11.1 Å². The molecule has 3 aromatic rings. The van der Waals surface area contributed by atoms with Crippen molar-refractivity contribution < 1.29 is 24.0 Å². The number of halogens is 2. The van der Waals surface area contributed by atoms with E-state index in [-0.39, 0.29) is 17.2 Å². The van der Waals surface area contributed by atoms with Crippen molar-refractivity contribution in [3.8, 4) is 11.5 Å². The minimum Gasteiger partial charge on any atom is -0.493 e. The van der Waals surface area contributed by atoms with E-state index < -0.39 is 16.1 Å². The van der Waals surface area contributed by atoms with Crippen LogP contribution in [0.3, 0.4) is 0 Å². The maximum atomic E-state index is 12.9. The minimum absolute atomic E-state index is 0.0278. The van der Waals surface area contributed by atoms with E-state index in [1.165, 1.54) is 19.2 Å². The smallest absolute Gasteiger partial charge is 0.298 e. The second kappa shape index (κ2) is 10.5. The fourth-order valence-electron chi connectivity index (χ4n) is 3.31. The highest BCUT2D eigenvalue weighted by atomic mass is 79.9. The number of thioether (sulfide) groups is 1.